The summed E-state index contributed by atoms with van der Waals surface area (Å²) in [6, 6.07) is 13.5. The third kappa shape index (κ3) is 3.65. The molecule has 3 nitrogen and oxygen atoms in total. The van der Waals surface area contributed by atoms with Gasteiger partial charge in [-0.2, -0.15) is 0 Å². The number of hydrogen-bond acceptors (Lipinski definition) is 3. The van der Waals surface area contributed by atoms with Crippen LogP contribution in [0.1, 0.15) is 11.1 Å². The Hall–Kier alpha value is -1.71. The molecule has 0 atom stereocenters. The smallest absolute Gasteiger partial charge is 0.142 e. The molecule has 0 heterocycles. The van der Waals surface area contributed by atoms with Gasteiger partial charge in [-0.1, -0.05) is 35.9 Å². The molecule has 0 aromatic heterocycles. The van der Waals surface area contributed by atoms with Crippen LogP contribution in [0.15, 0.2) is 42.5 Å². The van der Waals surface area contributed by atoms with Crippen molar-refractivity contribution in [2.45, 2.75) is 13.0 Å². The molecule has 0 unspecified atom stereocenters. The van der Waals surface area contributed by atoms with E-state index in [0.29, 0.717) is 23.9 Å². The molecule has 0 bridgehead atoms. The molecule has 0 radical (unpaired) electrons. The fourth-order valence-electron chi connectivity index (χ4n) is 1.94. The van der Waals surface area contributed by atoms with Crippen LogP contribution in [0.4, 0.5) is 0 Å². The SMILES string of the molecule is COc1ccc(CCOc2c(Cl)cccc2CN)cc1. The molecule has 4 heteroatoms. The Bertz CT molecular complexity index is 555. The molecule has 2 aromatic rings. The molecule has 0 fully saturated rings. The van der Waals surface area contributed by atoms with E-state index in [4.69, 9.17) is 26.8 Å². The molecule has 2 N–H and O–H groups in total. The molecule has 0 saturated heterocycles. The van der Waals surface area contributed by atoms with Crippen molar-refractivity contribution < 1.29 is 9.47 Å². The summed E-state index contributed by atoms with van der Waals surface area (Å²) in [5.41, 5.74) is 7.79. The van der Waals surface area contributed by atoms with E-state index in [1.54, 1.807) is 7.11 Å². The van der Waals surface area contributed by atoms with Crippen molar-refractivity contribution >= 4 is 11.6 Å². The lowest BCUT2D eigenvalue weighted by atomic mass is 10.1. The van der Waals surface area contributed by atoms with Gasteiger partial charge in [-0.3, -0.25) is 0 Å². The average Bonchev–Trinajstić information content (AvgIpc) is 2.49. The van der Waals surface area contributed by atoms with E-state index >= 15 is 0 Å². The largest absolute Gasteiger partial charge is 0.497 e. The monoisotopic (exact) mass is 291 g/mol. The fourth-order valence-corrected chi connectivity index (χ4v) is 2.19. The van der Waals surface area contributed by atoms with E-state index in [-0.39, 0.29) is 0 Å². The normalized spacial score (nSPS) is 10.3. The highest BCUT2D eigenvalue weighted by Crippen LogP contribution is 2.28. The van der Waals surface area contributed by atoms with Crippen molar-refractivity contribution in [2.75, 3.05) is 13.7 Å². The quantitative estimate of drug-likeness (QED) is 0.887. The first-order chi connectivity index (χ1) is 9.74. The standard InChI is InChI=1S/C16H18ClNO2/c1-19-14-7-5-12(6-8-14)9-10-20-16-13(11-18)3-2-4-15(16)17/h2-8H,9-11,18H2,1H3. The number of benzene rings is 2. The molecule has 0 saturated carbocycles. The van der Waals surface area contributed by atoms with E-state index < -0.39 is 0 Å². The molecule has 2 aromatic carbocycles. The van der Waals surface area contributed by atoms with E-state index in [9.17, 15) is 0 Å². The van der Waals surface area contributed by atoms with Gasteiger partial charge in [0.1, 0.15) is 11.5 Å². The molecule has 0 aliphatic carbocycles. The third-order valence-electron chi connectivity index (χ3n) is 3.06. The number of para-hydroxylation sites is 1. The summed E-state index contributed by atoms with van der Waals surface area (Å²) in [5.74, 6) is 1.54. The van der Waals surface area contributed by atoms with Gasteiger partial charge in [-0.15, -0.1) is 0 Å². The van der Waals surface area contributed by atoms with Crippen LogP contribution in [-0.4, -0.2) is 13.7 Å². The van der Waals surface area contributed by atoms with Crippen LogP contribution in [0.2, 0.25) is 5.02 Å². The average molecular weight is 292 g/mol. The molecule has 0 aliphatic rings. The van der Waals surface area contributed by atoms with Gasteiger partial charge in [0, 0.05) is 18.5 Å². The molecular formula is C16H18ClNO2. The minimum absolute atomic E-state index is 0.415. The zero-order valence-corrected chi connectivity index (χ0v) is 12.2. The first kappa shape index (κ1) is 14.7. The lowest BCUT2D eigenvalue weighted by Crippen LogP contribution is -2.06. The maximum atomic E-state index is 6.13. The van der Waals surface area contributed by atoms with Gasteiger partial charge in [0.25, 0.3) is 0 Å². The van der Waals surface area contributed by atoms with E-state index in [1.165, 1.54) is 5.56 Å². The van der Waals surface area contributed by atoms with Gasteiger partial charge < -0.3 is 15.2 Å². The highest BCUT2D eigenvalue weighted by atomic mass is 35.5. The van der Waals surface area contributed by atoms with Crippen LogP contribution < -0.4 is 15.2 Å². The van der Waals surface area contributed by atoms with E-state index in [2.05, 4.69) is 0 Å². The summed E-state index contributed by atoms with van der Waals surface area (Å²) >= 11 is 6.13. The number of rotatable bonds is 6. The van der Waals surface area contributed by atoms with Crippen molar-refractivity contribution in [3.63, 3.8) is 0 Å². The Morgan fingerprint density at radius 1 is 1.10 bits per heavy atom. The van der Waals surface area contributed by atoms with Gasteiger partial charge in [0.15, 0.2) is 0 Å². The second-order valence-corrected chi connectivity index (χ2v) is 4.79. The molecule has 20 heavy (non-hydrogen) atoms. The van der Waals surface area contributed by atoms with E-state index in [1.807, 2.05) is 42.5 Å². The highest BCUT2D eigenvalue weighted by Gasteiger charge is 2.07. The van der Waals surface area contributed by atoms with E-state index in [0.717, 1.165) is 17.7 Å². The summed E-state index contributed by atoms with van der Waals surface area (Å²) in [5, 5.41) is 0.600. The van der Waals surface area contributed by atoms with Crippen LogP contribution in [0.25, 0.3) is 0 Å². The Morgan fingerprint density at radius 2 is 1.85 bits per heavy atom. The van der Waals surface area contributed by atoms with Gasteiger partial charge in [-0.05, 0) is 23.8 Å². The third-order valence-corrected chi connectivity index (χ3v) is 3.36. The summed E-state index contributed by atoms with van der Waals surface area (Å²) in [7, 11) is 1.66. The zero-order chi connectivity index (χ0) is 14.4. The topological polar surface area (TPSA) is 44.5 Å². The minimum Gasteiger partial charge on any atom is -0.497 e. The zero-order valence-electron chi connectivity index (χ0n) is 11.4. The number of methoxy groups -OCH3 is 1. The first-order valence-electron chi connectivity index (χ1n) is 6.47. The van der Waals surface area contributed by atoms with Crippen molar-refractivity contribution in [1.82, 2.24) is 0 Å². The maximum absolute atomic E-state index is 6.13. The van der Waals surface area contributed by atoms with Crippen LogP contribution in [0.5, 0.6) is 11.5 Å². The second kappa shape index (κ2) is 7.17. The molecule has 106 valence electrons. The van der Waals surface area contributed by atoms with Crippen molar-refractivity contribution in [3.05, 3.63) is 58.6 Å². The number of ether oxygens (including phenoxy) is 2. The molecular weight excluding hydrogens is 274 g/mol. The summed E-state index contributed by atoms with van der Waals surface area (Å²) in [6.07, 6.45) is 0.805. The second-order valence-electron chi connectivity index (χ2n) is 4.38. The van der Waals surface area contributed by atoms with Gasteiger partial charge in [0.05, 0.1) is 18.7 Å². The first-order valence-corrected chi connectivity index (χ1v) is 6.85. The number of hydrogen-bond donors (Lipinski definition) is 1. The number of halogens is 1. The van der Waals surface area contributed by atoms with Crippen LogP contribution >= 0.6 is 11.6 Å². The highest BCUT2D eigenvalue weighted by molar-refractivity contribution is 6.32. The van der Waals surface area contributed by atoms with Crippen molar-refractivity contribution in [3.8, 4) is 11.5 Å². The summed E-state index contributed by atoms with van der Waals surface area (Å²) < 4.78 is 10.9. The van der Waals surface area contributed by atoms with Crippen molar-refractivity contribution in [1.29, 1.82) is 0 Å². The van der Waals surface area contributed by atoms with Gasteiger partial charge in [-0.25, -0.2) is 0 Å². The predicted octanol–water partition coefficient (Wildman–Crippen LogP) is 3.43. The Morgan fingerprint density at radius 3 is 2.50 bits per heavy atom. The van der Waals surface area contributed by atoms with Gasteiger partial charge >= 0.3 is 0 Å². The Labute approximate surface area is 124 Å². The lowest BCUT2D eigenvalue weighted by molar-refractivity contribution is 0.319. The maximum Gasteiger partial charge on any atom is 0.142 e. The van der Waals surface area contributed by atoms with Crippen LogP contribution in [0, 0.1) is 0 Å². The Kier molecular flexibility index (Phi) is 5.27. The van der Waals surface area contributed by atoms with Gasteiger partial charge in [0.2, 0.25) is 0 Å². The van der Waals surface area contributed by atoms with Crippen molar-refractivity contribution in [2.24, 2.45) is 5.73 Å². The Balaban J connectivity index is 1.95. The van der Waals surface area contributed by atoms with Crippen LogP contribution in [-0.2, 0) is 13.0 Å². The molecule has 0 spiro atoms. The number of nitrogens with two attached hydrogens (primary N) is 1. The lowest BCUT2D eigenvalue weighted by Gasteiger charge is -2.12. The predicted molar refractivity (Wildman–Crippen MR) is 81.5 cm³/mol. The summed E-state index contributed by atoms with van der Waals surface area (Å²) in [4.78, 5) is 0. The fraction of sp³-hybridized carbons (Fsp3) is 0.250. The molecule has 0 aliphatic heterocycles. The summed E-state index contributed by atoms with van der Waals surface area (Å²) in [6.45, 7) is 0.974. The minimum atomic E-state index is 0.415. The van der Waals surface area contributed by atoms with Crippen LogP contribution in [0.3, 0.4) is 0 Å². The molecule has 2 rings (SSSR count). The molecule has 0 amide bonds.